The lowest BCUT2D eigenvalue weighted by Gasteiger charge is -2.17. The largest absolute Gasteiger partial charge is 0.414 e. The molecule has 5 nitrogen and oxygen atoms in total. The van der Waals surface area contributed by atoms with E-state index in [1.807, 2.05) is 44.2 Å². The summed E-state index contributed by atoms with van der Waals surface area (Å²) in [6.45, 7) is 8.77. The van der Waals surface area contributed by atoms with E-state index in [1.54, 1.807) is 7.11 Å². The summed E-state index contributed by atoms with van der Waals surface area (Å²) in [6.07, 6.45) is 0.972. The van der Waals surface area contributed by atoms with Crippen molar-refractivity contribution in [1.29, 1.82) is 5.41 Å². The van der Waals surface area contributed by atoms with Gasteiger partial charge in [-0.1, -0.05) is 35.9 Å². The summed E-state index contributed by atoms with van der Waals surface area (Å²) in [5.74, 6) is 0.893. The number of nitrogens with zero attached hydrogens (tertiary/aromatic N) is 2. The van der Waals surface area contributed by atoms with Crippen LogP contribution >= 0.6 is 0 Å². The Morgan fingerprint density at radius 2 is 1.76 bits per heavy atom. The molecule has 0 saturated carbocycles. The van der Waals surface area contributed by atoms with Crippen LogP contribution in [0, 0.1) is 26.2 Å². The number of ether oxygens (including phenoxy) is 2. The first-order chi connectivity index (χ1) is 13.8. The molecule has 0 atom stereocenters. The highest BCUT2D eigenvalue weighted by molar-refractivity contribution is 7.77. The maximum Gasteiger partial charge on any atom is 0.414 e. The van der Waals surface area contributed by atoms with Gasteiger partial charge in [-0.2, -0.15) is 0 Å². The highest BCUT2D eigenvalue weighted by Crippen LogP contribution is 2.24. The minimum Gasteiger partial charge on any atom is -0.402 e. The van der Waals surface area contributed by atoms with Crippen LogP contribution in [0.4, 0.5) is 0 Å². The van der Waals surface area contributed by atoms with Crippen LogP contribution in [0.3, 0.4) is 0 Å². The molecule has 2 aromatic rings. The summed E-state index contributed by atoms with van der Waals surface area (Å²) >= 11 is 3.40. The standard InChI is InChI=1S/C23H31N3O2S/c1-16-6-8-19(9-7-16)22(24)25-23(29)28-21-15-17(2)20(14-18(21)3)10-11-26(4)12-13-27-5/h6-9,14-15H,10-13H2,1-5H3,(H2,24,25,29)/p+1. The van der Waals surface area contributed by atoms with Crippen LogP contribution in [0.1, 0.15) is 27.8 Å². The molecule has 0 unspecified atom stereocenters. The second-order valence-electron chi connectivity index (χ2n) is 7.32. The first kappa shape index (κ1) is 23.1. The van der Waals surface area contributed by atoms with E-state index >= 15 is 0 Å². The number of benzene rings is 2. The third-order valence-corrected chi connectivity index (χ3v) is 5.03. The van der Waals surface area contributed by atoms with Crippen LogP contribution in [0.25, 0.3) is 0 Å². The molecule has 0 bridgehead atoms. The van der Waals surface area contributed by atoms with Gasteiger partial charge in [-0.15, -0.1) is 4.99 Å². The monoisotopic (exact) mass is 414 g/mol. The van der Waals surface area contributed by atoms with Crippen molar-refractivity contribution in [3.8, 4) is 5.75 Å². The van der Waals surface area contributed by atoms with E-state index in [2.05, 4.69) is 42.6 Å². The Labute approximate surface area is 179 Å². The van der Waals surface area contributed by atoms with E-state index in [-0.39, 0.29) is 11.1 Å². The number of aliphatic imine (C=N–C) groups is 1. The lowest BCUT2D eigenvalue weighted by atomic mass is 10.0. The zero-order chi connectivity index (χ0) is 21.4. The Morgan fingerprint density at radius 3 is 2.41 bits per heavy atom. The average molecular weight is 415 g/mol. The molecule has 0 spiro atoms. The molecule has 2 aromatic carbocycles. The second kappa shape index (κ2) is 11.1. The van der Waals surface area contributed by atoms with Gasteiger partial charge in [0.15, 0.2) is 5.84 Å². The quantitative estimate of drug-likeness (QED) is 0.409. The van der Waals surface area contributed by atoms with Crippen molar-refractivity contribution in [3.63, 3.8) is 0 Å². The zero-order valence-electron chi connectivity index (χ0n) is 18.0. The highest BCUT2D eigenvalue weighted by Gasteiger charge is 2.12. The molecule has 2 rings (SSSR count). The van der Waals surface area contributed by atoms with Crippen LogP contribution in [-0.4, -0.2) is 49.8 Å². The fraction of sp³-hybridized carbons (Fsp3) is 0.391. The van der Waals surface area contributed by atoms with Crippen LogP contribution in [0.5, 0.6) is 5.75 Å². The van der Waals surface area contributed by atoms with Crippen molar-refractivity contribution in [2.45, 2.75) is 27.2 Å². The van der Waals surface area contributed by atoms with E-state index in [0.29, 0.717) is 0 Å². The first-order valence-electron chi connectivity index (χ1n) is 9.71. The Bertz CT molecular complexity index is 863. The Kier molecular flexibility index (Phi) is 8.89. The zero-order valence-corrected chi connectivity index (χ0v) is 19.0. The maximum atomic E-state index is 8.16. The van der Waals surface area contributed by atoms with E-state index < -0.39 is 0 Å². The lowest BCUT2D eigenvalue weighted by molar-refractivity contribution is 0.162. The molecule has 0 saturated heterocycles. The minimum absolute atomic E-state index is 0.153. The van der Waals surface area contributed by atoms with Gasteiger partial charge in [-0.05, 0) is 57.0 Å². The predicted molar refractivity (Wildman–Crippen MR) is 125 cm³/mol. The van der Waals surface area contributed by atoms with Gasteiger partial charge in [0.2, 0.25) is 0 Å². The smallest absolute Gasteiger partial charge is 0.402 e. The van der Waals surface area contributed by atoms with Gasteiger partial charge in [0.25, 0.3) is 0 Å². The molecule has 0 aliphatic heterocycles. The highest BCUT2D eigenvalue weighted by atomic mass is 32.1. The van der Waals surface area contributed by atoms with Gasteiger partial charge in [-0.25, -0.2) is 0 Å². The number of likely N-dealkylation sites (N-methyl/N-ethyl adjacent to an activating group) is 1. The van der Waals surface area contributed by atoms with Crippen molar-refractivity contribution >= 4 is 23.7 Å². The summed E-state index contributed by atoms with van der Waals surface area (Å²) in [4.78, 5) is 6.49. The Morgan fingerprint density at radius 1 is 1.07 bits per heavy atom. The molecule has 1 N–H and O–H groups in total. The van der Waals surface area contributed by atoms with Crippen molar-refractivity contribution in [3.05, 3.63) is 64.2 Å². The molecular formula is C23H32N3O2S+. The molecular weight excluding hydrogens is 382 g/mol. The van der Waals surface area contributed by atoms with E-state index in [0.717, 1.165) is 48.6 Å². The second-order valence-corrected chi connectivity index (χ2v) is 7.75. The maximum absolute atomic E-state index is 8.16. The summed E-state index contributed by atoms with van der Waals surface area (Å²) < 4.78 is 11.0. The van der Waals surface area contributed by atoms with Crippen molar-refractivity contribution in [1.82, 2.24) is 4.90 Å². The van der Waals surface area contributed by atoms with Gasteiger partial charge in [-0.3, -0.25) is 5.41 Å². The third-order valence-electron chi connectivity index (χ3n) is 4.82. The van der Waals surface area contributed by atoms with Gasteiger partial charge in [0.05, 0.1) is 19.2 Å². The topological polar surface area (TPSA) is 57.9 Å². The van der Waals surface area contributed by atoms with Crippen LogP contribution in [-0.2, 0) is 23.8 Å². The summed E-state index contributed by atoms with van der Waals surface area (Å²) in [7, 11) is 3.83. The third kappa shape index (κ3) is 7.31. The van der Waals surface area contributed by atoms with Crippen LogP contribution < -0.4 is 4.74 Å². The number of aryl methyl sites for hydroxylation is 3. The number of hydrogen-bond acceptors (Lipinski definition) is 4. The number of amidine groups is 1. The van der Waals surface area contributed by atoms with Gasteiger partial charge in [0, 0.05) is 25.8 Å². The molecule has 0 aromatic heterocycles. The fourth-order valence-corrected chi connectivity index (χ4v) is 3.13. The predicted octanol–water partition coefficient (Wildman–Crippen LogP) is 3.50. The molecule has 0 heterocycles. The molecule has 0 aliphatic carbocycles. The van der Waals surface area contributed by atoms with Gasteiger partial charge >= 0.3 is 5.23 Å². The SMILES string of the molecule is COCCN(C)CCc1cc(C)c(OC([SH2+])=NC(=N)c2ccc(C)cc2)cc1C. The van der Waals surface area contributed by atoms with Gasteiger partial charge in [0.1, 0.15) is 5.75 Å². The molecule has 6 heteroatoms. The van der Waals surface area contributed by atoms with Crippen LogP contribution in [0.15, 0.2) is 41.4 Å². The molecule has 0 radical (unpaired) electrons. The first-order valence-corrected chi connectivity index (χ1v) is 10.2. The fourth-order valence-electron chi connectivity index (χ4n) is 2.90. The number of rotatable bonds is 8. The van der Waals surface area contributed by atoms with Gasteiger partial charge < -0.3 is 14.4 Å². The van der Waals surface area contributed by atoms with Crippen LogP contribution in [0.2, 0.25) is 0 Å². The van der Waals surface area contributed by atoms with Crippen molar-refractivity contribution in [2.24, 2.45) is 4.99 Å². The summed E-state index contributed by atoms with van der Waals surface area (Å²) in [6, 6.07) is 11.9. The number of hydrogen-bond donors (Lipinski definition) is 1. The molecule has 156 valence electrons. The van der Waals surface area contributed by atoms with E-state index in [4.69, 9.17) is 14.9 Å². The molecule has 0 amide bonds. The molecule has 0 aliphatic rings. The average Bonchev–Trinajstić information content (AvgIpc) is 2.68. The summed E-state index contributed by atoms with van der Waals surface area (Å²) in [5, 5.41) is 8.43. The van der Waals surface area contributed by atoms with Crippen molar-refractivity contribution < 1.29 is 9.47 Å². The lowest BCUT2D eigenvalue weighted by Crippen LogP contribution is -2.25. The minimum atomic E-state index is 0.153. The van der Waals surface area contributed by atoms with Crippen molar-refractivity contribution in [2.75, 3.05) is 33.9 Å². The van der Waals surface area contributed by atoms with E-state index in [9.17, 15) is 0 Å². The van der Waals surface area contributed by atoms with E-state index in [1.165, 1.54) is 11.1 Å². The number of methoxy groups -OCH3 is 1. The molecule has 0 fully saturated rings. The Hall–Kier alpha value is -2.15. The molecule has 29 heavy (non-hydrogen) atoms. The summed E-state index contributed by atoms with van der Waals surface area (Å²) in [5.41, 5.74) is 5.42. The normalized spacial score (nSPS) is 11.8. The number of nitrogens with one attached hydrogen (secondary N) is 1. The Balaban J connectivity index is 2.04.